The minimum atomic E-state index is -0.769. The Balaban J connectivity index is 3.34. The van der Waals surface area contributed by atoms with Crippen LogP contribution in [0.25, 0.3) is 0 Å². The van der Waals surface area contributed by atoms with Crippen molar-refractivity contribution in [2.75, 3.05) is 0 Å². The van der Waals surface area contributed by atoms with Crippen LogP contribution >= 0.6 is 0 Å². The molecule has 1 amide bonds. The maximum Gasteiger partial charge on any atom is 0.324 e. The molecule has 0 heterocycles. The van der Waals surface area contributed by atoms with Gasteiger partial charge in [-0.25, -0.2) is 0 Å². The van der Waals surface area contributed by atoms with E-state index in [0.717, 1.165) is 0 Å². The first-order valence-corrected chi connectivity index (χ1v) is 2.96. The van der Waals surface area contributed by atoms with Gasteiger partial charge in [0.15, 0.2) is 0 Å². The summed E-state index contributed by atoms with van der Waals surface area (Å²) in [6, 6.07) is 0. The summed E-state index contributed by atoms with van der Waals surface area (Å²) < 4.78 is 0. The number of nitrogens with zero attached hydrogens (tertiary/aromatic N) is 1. The standard InChI is InChI=1S/C5H8N2O4/c6-11-5(9)3-1-2-4(8)7-10/h1-3,6H2. The maximum atomic E-state index is 10.3. The van der Waals surface area contributed by atoms with Gasteiger partial charge in [-0.3, -0.25) is 9.59 Å². The summed E-state index contributed by atoms with van der Waals surface area (Å²) in [4.78, 5) is 33.8. The monoisotopic (exact) mass is 160 g/mol. The predicted octanol–water partition coefficient (Wildman–Crippen LogP) is -0.133. The number of hydrogen-bond acceptors (Lipinski definition) is 5. The second kappa shape index (κ2) is 5.48. The van der Waals surface area contributed by atoms with Crippen LogP contribution in [0.15, 0.2) is 5.18 Å². The highest BCUT2D eigenvalue weighted by atomic mass is 16.7. The minimum absolute atomic E-state index is 0.0256. The van der Waals surface area contributed by atoms with Gasteiger partial charge < -0.3 is 4.84 Å². The van der Waals surface area contributed by atoms with E-state index in [2.05, 4.69) is 15.9 Å². The van der Waals surface area contributed by atoms with Crippen LogP contribution in [0.2, 0.25) is 0 Å². The van der Waals surface area contributed by atoms with Gasteiger partial charge in [-0.2, -0.15) is 5.90 Å². The van der Waals surface area contributed by atoms with E-state index < -0.39 is 11.9 Å². The topological polar surface area (TPSA) is 98.8 Å². The molecule has 0 atom stereocenters. The molecule has 0 fully saturated rings. The lowest BCUT2D eigenvalue weighted by Crippen LogP contribution is -2.09. The molecule has 0 bridgehead atoms. The summed E-state index contributed by atoms with van der Waals surface area (Å²) in [5, 5.41) is 2.14. The molecule has 11 heavy (non-hydrogen) atoms. The third kappa shape index (κ3) is 5.16. The Labute approximate surface area is 62.6 Å². The highest BCUT2D eigenvalue weighted by Gasteiger charge is 2.04. The fourth-order valence-corrected chi connectivity index (χ4v) is 0.489. The summed E-state index contributed by atoms with van der Waals surface area (Å²) >= 11 is 0. The Morgan fingerprint density at radius 3 is 2.45 bits per heavy atom. The Morgan fingerprint density at radius 2 is 2.00 bits per heavy atom. The molecule has 0 aliphatic heterocycles. The maximum absolute atomic E-state index is 10.3. The molecule has 0 aromatic heterocycles. The molecule has 0 rings (SSSR count). The normalized spacial score (nSPS) is 8.82. The average Bonchev–Trinajstić information content (AvgIpc) is 2.04. The zero-order valence-electron chi connectivity index (χ0n) is 5.78. The molecule has 6 nitrogen and oxygen atoms in total. The van der Waals surface area contributed by atoms with Crippen LogP contribution in [0.1, 0.15) is 19.3 Å². The van der Waals surface area contributed by atoms with Crippen molar-refractivity contribution in [3.63, 3.8) is 0 Å². The molecule has 0 radical (unpaired) electrons. The van der Waals surface area contributed by atoms with Crippen molar-refractivity contribution < 1.29 is 14.4 Å². The first-order valence-electron chi connectivity index (χ1n) is 2.96. The molecule has 0 aromatic rings. The van der Waals surface area contributed by atoms with Gasteiger partial charge in [0, 0.05) is 18.0 Å². The van der Waals surface area contributed by atoms with E-state index >= 15 is 0 Å². The lowest BCUT2D eigenvalue weighted by Gasteiger charge is -1.93. The number of hydrogen-bond donors (Lipinski definition) is 1. The molecule has 2 N–H and O–H groups in total. The van der Waals surface area contributed by atoms with E-state index in [0.29, 0.717) is 0 Å². The highest BCUT2D eigenvalue weighted by Crippen LogP contribution is 1.97. The van der Waals surface area contributed by atoms with Gasteiger partial charge in [-0.1, -0.05) is 0 Å². The predicted molar refractivity (Wildman–Crippen MR) is 34.9 cm³/mol. The Bertz CT molecular complexity index is 168. The summed E-state index contributed by atoms with van der Waals surface area (Å²) in [6.45, 7) is 0. The van der Waals surface area contributed by atoms with E-state index in [4.69, 9.17) is 0 Å². The average molecular weight is 160 g/mol. The van der Waals surface area contributed by atoms with E-state index in [1.807, 2.05) is 0 Å². The first-order chi connectivity index (χ1) is 5.20. The lowest BCUT2D eigenvalue weighted by atomic mass is 10.2. The van der Waals surface area contributed by atoms with Gasteiger partial charge >= 0.3 is 5.97 Å². The van der Waals surface area contributed by atoms with Crippen LogP contribution in [0, 0.1) is 4.91 Å². The molecule has 0 aliphatic rings. The van der Waals surface area contributed by atoms with Crippen molar-refractivity contribution in [1.82, 2.24) is 0 Å². The smallest absolute Gasteiger partial charge is 0.324 e. The molecule has 6 heteroatoms. The molecular weight excluding hydrogens is 152 g/mol. The van der Waals surface area contributed by atoms with Crippen LogP contribution in [0.4, 0.5) is 0 Å². The fraction of sp³-hybridized carbons (Fsp3) is 0.600. The number of nitrogens with two attached hydrogens (primary N) is 1. The SMILES string of the molecule is NOC(=O)CCCC(=O)N=O. The van der Waals surface area contributed by atoms with E-state index in [9.17, 15) is 14.5 Å². The molecule has 62 valence electrons. The zero-order valence-corrected chi connectivity index (χ0v) is 5.78. The summed E-state index contributed by atoms with van der Waals surface area (Å²) in [5.74, 6) is 3.13. The van der Waals surface area contributed by atoms with E-state index in [1.165, 1.54) is 0 Å². The van der Waals surface area contributed by atoms with Gasteiger partial charge in [-0.05, 0) is 6.42 Å². The molecule has 0 aliphatic carbocycles. The van der Waals surface area contributed by atoms with E-state index in [1.54, 1.807) is 0 Å². The molecule has 0 saturated heterocycles. The number of rotatable bonds is 4. The number of nitroso groups, excluding NO2 is 1. The van der Waals surface area contributed by atoms with Crippen molar-refractivity contribution in [3.8, 4) is 0 Å². The molecule has 0 spiro atoms. The van der Waals surface area contributed by atoms with Crippen LogP contribution in [0.3, 0.4) is 0 Å². The zero-order chi connectivity index (χ0) is 8.69. The van der Waals surface area contributed by atoms with Crippen LogP contribution < -0.4 is 5.90 Å². The lowest BCUT2D eigenvalue weighted by molar-refractivity contribution is -0.144. The summed E-state index contributed by atoms with van der Waals surface area (Å²) in [7, 11) is 0. The Kier molecular flexibility index (Phi) is 4.83. The summed E-state index contributed by atoms with van der Waals surface area (Å²) in [5.41, 5.74) is 0. The van der Waals surface area contributed by atoms with Gasteiger partial charge in [0.2, 0.25) is 0 Å². The van der Waals surface area contributed by atoms with Crippen molar-refractivity contribution in [1.29, 1.82) is 0 Å². The van der Waals surface area contributed by atoms with Crippen molar-refractivity contribution in [2.24, 2.45) is 11.1 Å². The van der Waals surface area contributed by atoms with Crippen molar-refractivity contribution in [3.05, 3.63) is 4.91 Å². The van der Waals surface area contributed by atoms with Gasteiger partial charge in [0.05, 0.1) is 0 Å². The van der Waals surface area contributed by atoms with Gasteiger partial charge in [-0.15, -0.1) is 4.91 Å². The fourth-order valence-electron chi connectivity index (χ4n) is 0.489. The Hall–Kier alpha value is -1.30. The molecule has 0 unspecified atom stereocenters. The number of carbonyl (C=O) groups is 2. The third-order valence-electron chi connectivity index (χ3n) is 1.00. The number of amides is 1. The highest BCUT2D eigenvalue weighted by molar-refractivity contribution is 5.77. The second-order valence-electron chi connectivity index (χ2n) is 1.83. The van der Waals surface area contributed by atoms with Crippen LogP contribution in [-0.4, -0.2) is 11.9 Å². The van der Waals surface area contributed by atoms with E-state index in [-0.39, 0.29) is 19.3 Å². The van der Waals surface area contributed by atoms with Crippen LogP contribution in [0.5, 0.6) is 0 Å². The Morgan fingerprint density at radius 1 is 1.36 bits per heavy atom. The molecule has 0 saturated carbocycles. The first kappa shape index (κ1) is 9.70. The molecule has 0 aromatic carbocycles. The minimum Gasteiger partial charge on any atom is -0.373 e. The van der Waals surface area contributed by atoms with Crippen molar-refractivity contribution in [2.45, 2.75) is 19.3 Å². The summed E-state index contributed by atoms with van der Waals surface area (Å²) in [6.07, 6.45) is 0.219. The quantitative estimate of drug-likeness (QED) is 0.456. The largest absolute Gasteiger partial charge is 0.373 e. The number of carbonyl (C=O) groups excluding carboxylic acids is 2. The molecular formula is C5H8N2O4. The van der Waals surface area contributed by atoms with Crippen molar-refractivity contribution >= 4 is 11.9 Å². The second-order valence-corrected chi connectivity index (χ2v) is 1.83. The van der Waals surface area contributed by atoms with Gasteiger partial charge in [0.1, 0.15) is 0 Å². The third-order valence-corrected chi connectivity index (χ3v) is 1.00. The van der Waals surface area contributed by atoms with Crippen LogP contribution in [-0.2, 0) is 14.4 Å². The van der Waals surface area contributed by atoms with Gasteiger partial charge in [0.25, 0.3) is 5.91 Å².